The van der Waals surface area contributed by atoms with Crippen LogP contribution in [0.15, 0.2) is 128 Å². The highest BCUT2D eigenvalue weighted by Gasteiger charge is 2.35. The van der Waals surface area contributed by atoms with Gasteiger partial charge >= 0.3 is 17.9 Å². The molecule has 0 spiro atoms. The van der Waals surface area contributed by atoms with Gasteiger partial charge in [0, 0.05) is 0 Å². The Morgan fingerprint density at radius 1 is 0.610 bits per heavy atom. The maximum Gasteiger partial charge on any atom is 0.338 e. The van der Waals surface area contributed by atoms with Crippen LogP contribution < -0.4 is 0 Å². The van der Waals surface area contributed by atoms with Crippen molar-refractivity contribution in [2.24, 2.45) is 0 Å². The Labute approximate surface area is 235 Å². The Morgan fingerprint density at radius 3 is 1.61 bits per heavy atom. The fourth-order valence-electron chi connectivity index (χ4n) is 3.95. The van der Waals surface area contributed by atoms with Gasteiger partial charge in [-0.25, -0.2) is 14.4 Å². The van der Waals surface area contributed by atoms with E-state index in [2.05, 4.69) is 10.2 Å². The molecule has 1 heterocycles. The largest absolute Gasteiger partial charge is 0.458 e. The first-order valence-electron chi connectivity index (χ1n) is 12.8. The molecule has 0 N–H and O–H groups in total. The minimum Gasteiger partial charge on any atom is -0.458 e. The SMILES string of the molecule is O=C(OC[C@H](OC(=O)c1ccccc1)[C@H](OC(=O)c1ccccc1)c1cnn(-c2ccccc2)n1)c1ccccc1. The number of hydrogen-bond donors (Lipinski definition) is 0. The number of aromatic nitrogens is 3. The quantitative estimate of drug-likeness (QED) is 0.172. The first-order chi connectivity index (χ1) is 20.1. The summed E-state index contributed by atoms with van der Waals surface area (Å²) in [6, 6.07) is 34.2. The predicted octanol–water partition coefficient (Wildman–Crippen LogP) is 5.25. The smallest absolute Gasteiger partial charge is 0.338 e. The number of nitrogens with zero attached hydrogens (tertiary/aromatic N) is 3. The molecular weight excluding hydrogens is 522 g/mol. The van der Waals surface area contributed by atoms with Crippen molar-refractivity contribution in [2.45, 2.75) is 12.2 Å². The summed E-state index contributed by atoms with van der Waals surface area (Å²) in [6.45, 7) is -0.419. The highest BCUT2D eigenvalue weighted by molar-refractivity contribution is 5.91. The molecule has 0 saturated heterocycles. The van der Waals surface area contributed by atoms with Gasteiger partial charge in [0.2, 0.25) is 0 Å². The van der Waals surface area contributed by atoms with Crippen LogP contribution in [-0.2, 0) is 14.2 Å². The Balaban J connectivity index is 1.49. The molecule has 0 aliphatic heterocycles. The third-order valence-electron chi connectivity index (χ3n) is 6.03. The maximum atomic E-state index is 13.2. The van der Waals surface area contributed by atoms with Gasteiger partial charge < -0.3 is 14.2 Å². The van der Waals surface area contributed by atoms with Crippen molar-refractivity contribution in [3.63, 3.8) is 0 Å². The lowest BCUT2D eigenvalue weighted by atomic mass is 10.1. The van der Waals surface area contributed by atoms with Crippen molar-refractivity contribution >= 4 is 17.9 Å². The third-order valence-corrected chi connectivity index (χ3v) is 6.03. The lowest BCUT2D eigenvalue weighted by Gasteiger charge is -2.25. The summed E-state index contributed by atoms with van der Waals surface area (Å²) >= 11 is 0. The van der Waals surface area contributed by atoms with Gasteiger partial charge in [-0.2, -0.15) is 9.90 Å². The summed E-state index contributed by atoms with van der Waals surface area (Å²) in [5.74, 6) is -2.00. The number of hydrogen-bond acceptors (Lipinski definition) is 8. The lowest BCUT2D eigenvalue weighted by Crippen LogP contribution is -2.34. The molecule has 0 amide bonds. The topological polar surface area (TPSA) is 110 Å². The second-order valence-electron chi connectivity index (χ2n) is 8.86. The molecule has 5 aromatic rings. The van der Waals surface area contributed by atoms with E-state index in [9.17, 15) is 14.4 Å². The maximum absolute atomic E-state index is 13.2. The number of benzene rings is 4. The molecule has 5 rings (SSSR count). The second kappa shape index (κ2) is 13.0. The average molecular weight is 548 g/mol. The summed E-state index contributed by atoms with van der Waals surface area (Å²) in [6.07, 6.45) is -1.11. The standard InChI is InChI=1S/C32H25N3O6/c36-30(23-13-5-1-6-14-23)39-22-28(40-31(37)24-15-7-2-8-16-24)29(41-32(38)25-17-9-3-10-18-25)27-21-33-35(34-27)26-19-11-4-12-20-26/h1-21,28-29H,22H2/t28-,29+/m0/s1. The van der Waals surface area contributed by atoms with Crippen molar-refractivity contribution < 1.29 is 28.6 Å². The van der Waals surface area contributed by atoms with Crippen molar-refractivity contribution in [3.8, 4) is 5.69 Å². The minimum absolute atomic E-state index is 0.194. The molecule has 0 aliphatic rings. The van der Waals surface area contributed by atoms with Crippen molar-refractivity contribution in [2.75, 3.05) is 6.61 Å². The van der Waals surface area contributed by atoms with Crippen LogP contribution in [0.4, 0.5) is 0 Å². The van der Waals surface area contributed by atoms with Gasteiger partial charge in [0.05, 0.1) is 28.6 Å². The van der Waals surface area contributed by atoms with Crippen LogP contribution >= 0.6 is 0 Å². The highest BCUT2D eigenvalue weighted by Crippen LogP contribution is 2.26. The molecule has 4 aromatic carbocycles. The van der Waals surface area contributed by atoms with E-state index in [1.54, 1.807) is 91.0 Å². The molecule has 204 valence electrons. The van der Waals surface area contributed by atoms with Gasteiger partial charge in [0.15, 0.2) is 12.2 Å². The minimum atomic E-state index is -1.27. The summed E-state index contributed by atoms with van der Waals surface area (Å²) in [5.41, 5.74) is 1.73. The molecule has 2 atom stereocenters. The molecular formula is C32H25N3O6. The zero-order chi connectivity index (χ0) is 28.4. The van der Waals surface area contributed by atoms with Gasteiger partial charge in [-0.15, -0.1) is 5.10 Å². The molecule has 9 heteroatoms. The Kier molecular flexibility index (Phi) is 8.56. The monoisotopic (exact) mass is 547 g/mol. The van der Waals surface area contributed by atoms with Crippen molar-refractivity contribution in [1.29, 1.82) is 0 Å². The number of carbonyl (C=O) groups is 3. The van der Waals surface area contributed by atoms with Crippen LogP contribution in [0.25, 0.3) is 5.69 Å². The summed E-state index contributed by atoms with van der Waals surface area (Å²) in [5, 5.41) is 8.83. The second-order valence-corrected chi connectivity index (χ2v) is 8.86. The van der Waals surface area contributed by atoms with E-state index in [1.165, 1.54) is 11.0 Å². The average Bonchev–Trinajstić information content (AvgIpc) is 3.53. The number of carbonyl (C=O) groups excluding carboxylic acids is 3. The van der Waals surface area contributed by atoms with Crippen LogP contribution in [0, 0.1) is 0 Å². The van der Waals surface area contributed by atoms with E-state index in [1.807, 2.05) is 30.3 Å². The van der Waals surface area contributed by atoms with Crippen molar-refractivity contribution in [3.05, 3.63) is 150 Å². The highest BCUT2D eigenvalue weighted by atomic mass is 16.6. The molecule has 0 bridgehead atoms. The van der Waals surface area contributed by atoms with Crippen LogP contribution in [0.3, 0.4) is 0 Å². The van der Waals surface area contributed by atoms with Gasteiger partial charge in [-0.05, 0) is 48.5 Å². The first kappa shape index (κ1) is 27.0. The fourth-order valence-corrected chi connectivity index (χ4v) is 3.95. The van der Waals surface area contributed by atoms with E-state index in [0.717, 1.165) is 0 Å². The fraction of sp³-hybridized carbons (Fsp3) is 0.0938. The van der Waals surface area contributed by atoms with Gasteiger partial charge in [0.25, 0.3) is 0 Å². The van der Waals surface area contributed by atoms with E-state index < -0.39 is 36.7 Å². The van der Waals surface area contributed by atoms with Crippen LogP contribution in [0.2, 0.25) is 0 Å². The Bertz CT molecular complexity index is 1590. The zero-order valence-electron chi connectivity index (χ0n) is 21.8. The summed E-state index contributed by atoms with van der Waals surface area (Å²) in [7, 11) is 0. The third kappa shape index (κ3) is 6.90. The summed E-state index contributed by atoms with van der Waals surface area (Å²) < 4.78 is 17.3. The van der Waals surface area contributed by atoms with E-state index in [-0.39, 0.29) is 16.8 Å². The number of ether oxygens (including phenoxy) is 3. The molecule has 41 heavy (non-hydrogen) atoms. The predicted molar refractivity (Wildman–Crippen MR) is 148 cm³/mol. The van der Waals surface area contributed by atoms with Crippen molar-refractivity contribution in [1.82, 2.24) is 15.0 Å². The van der Waals surface area contributed by atoms with Gasteiger partial charge in [-0.1, -0.05) is 72.8 Å². The van der Waals surface area contributed by atoms with Crippen LogP contribution in [0.1, 0.15) is 42.9 Å². The van der Waals surface area contributed by atoms with Crippen LogP contribution in [-0.4, -0.2) is 45.6 Å². The zero-order valence-corrected chi connectivity index (χ0v) is 21.8. The molecule has 1 aromatic heterocycles. The molecule has 9 nitrogen and oxygen atoms in total. The van der Waals surface area contributed by atoms with Crippen LogP contribution in [0.5, 0.6) is 0 Å². The molecule has 0 aliphatic carbocycles. The lowest BCUT2D eigenvalue weighted by molar-refractivity contribution is -0.0605. The van der Waals surface area contributed by atoms with Gasteiger partial charge in [0.1, 0.15) is 12.3 Å². The number of rotatable bonds is 10. The molecule has 0 saturated carbocycles. The molecule has 0 fully saturated rings. The Hall–Kier alpha value is -5.57. The van der Waals surface area contributed by atoms with Gasteiger partial charge in [-0.3, -0.25) is 0 Å². The summed E-state index contributed by atoms with van der Waals surface area (Å²) in [4.78, 5) is 40.5. The van der Waals surface area contributed by atoms with E-state index >= 15 is 0 Å². The molecule has 0 radical (unpaired) electrons. The molecule has 0 unspecified atom stereocenters. The first-order valence-corrected chi connectivity index (χ1v) is 12.8. The van der Waals surface area contributed by atoms with E-state index in [4.69, 9.17) is 14.2 Å². The van der Waals surface area contributed by atoms with E-state index in [0.29, 0.717) is 11.3 Å². The Morgan fingerprint density at radius 2 is 1.07 bits per heavy atom. The normalized spacial score (nSPS) is 12.1. The number of esters is 3. The number of para-hydroxylation sites is 1.